The first-order chi connectivity index (χ1) is 13.8. The third kappa shape index (κ3) is 4.90. The standard InChI is InChI=1S/C21H17F3N2O3/c1-29-20(28)18(12-13-5-4-7-15(11-13)21(22,23)24)26-19(27)17-10-9-14-6-2-3-8-16(14)25-17/h2-11,18H,12H2,1H3,(H,26,27)/t18-/m1/s1. The van der Waals surface area contributed by atoms with E-state index < -0.39 is 29.7 Å². The number of carbonyl (C=O) groups excluding carboxylic acids is 2. The quantitative estimate of drug-likeness (QED) is 0.660. The Balaban J connectivity index is 1.81. The summed E-state index contributed by atoms with van der Waals surface area (Å²) in [6, 6.07) is 13.8. The second-order valence-electron chi connectivity index (χ2n) is 6.34. The number of fused-ring (bicyclic) bond motifs is 1. The van der Waals surface area contributed by atoms with Crippen LogP contribution in [-0.4, -0.2) is 30.0 Å². The minimum Gasteiger partial charge on any atom is -0.467 e. The summed E-state index contributed by atoms with van der Waals surface area (Å²) in [5.74, 6) is -1.39. The number of pyridine rings is 1. The van der Waals surface area contributed by atoms with Crippen molar-refractivity contribution >= 4 is 22.8 Å². The van der Waals surface area contributed by atoms with Gasteiger partial charge < -0.3 is 10.1 Å². The van der Waals surface area contributed by atoms with E-state index in [1.807, 2.05) is 12.1 Å². The molecule has 0 bridgehead atoms. The fraction of sp³-hybridized carbons (Fsp3) is 0.190. The molecule has 1 N–H and O–H groups in total. The van der Waals surface area contributed by atoms with Crippen LogP contribution in [0, 0.1) is 0 Å². The third-order valence-corrected chi connectivity index (χ3v) is 4.32. The van der Waals surface area contributed by atoms with Gasteiger partial charge in [-0.25, -0.2) is 9.78 Å². The number of amides is 1. The molecule has 0 aliphatic heterocycles. The lowest BCUT2D eigenvalue weighted by Gasteiger charge is -2.17. The van der Waals surface area contributed by atoms with Crippen LogP contribution in [-0.2, 0) is 22.1 Å². The van der Waals surface area contributed by atoms with Crippen LogP contribution in [0.15, 0.2) is 60.7 Å². The number of hydrogen-bond donors (Lipinski definition) is 1. The minimum atomic E-state index is -4.50. The average molecular weight is 402 g/mol. The smallest absolute Gasteiger partial charge is 0.416 e. The zero-order valence-corrected chi connectivity index (χ0v) is 15.4. The van der Waals surface area contributed by atoms with Crippen molar-refractivity contribution in [2.45, 2.75) is 18.6 Å². The summed E-state index contributed by atoms with van der Waals surface area (Å²) < 4.78 is 43.5. The van der Waals surface area contributed by atoms with Crippen LogP contribution < -0.4 is 5.32 Å². The Morgan fingerprint density at radius 1 is 1.07 bits per heavy atom. The molecule has 1 atom stereocenters. The van der Waals surface area contributed by atoms with Crippen molar-refractivity contribution in [2.75, 3.05) is 7.11 Å². The van der Waals surface area contributed by atoms with E-state index in [1.54, 1.807) is 18.2 Å². The molecule has 0 saturated carbocycles. The molecule has 0 aliphatic rings. The van der Waals surface area contributed by atoms with Crippen LogP contribution in [0.3, 0.4) is 0 Å². The fourth-order valence-electron chi connectivity index (χ4n) is 2.87. The molecule has 0 saturated heterocycles. The second-order valence-corrected chi connectivity index (χ2v) is 6.34. The van der Waals surface area contributed by atoms with E-state index >= 15 is 0 Å². The van der Waals surface area contributed by atoms with E-state index in [0.717, 1.165) is 24.6 Å². The predicted octanol–water partition coefficient (Wildman–Crippen LogP) is 3.77. The first kappa shape index (κ1) is 20.3. The summed E-state index contributed by atoms with van der Waals surface area (Å²) in [5.41, 5.74) is 0.0948. The molecule has 29 heavy (non-hydrogen) atoms. The molecule has 1 heterocycles. The minimum absolute atomic E-state index is 0.0849. The number of hydrogen-bond acceptors (Lipinski definition) is 4. The SMILES string of the molecule is COC(=O)[C@@H](Cc1cccc(C(F)(F)F)c1)NC(=O)c1ccc2ccccc2n1. The lowest BCUT2D eigenvalue weighted by atomic mass is 10.0. The lowest BCUT2D eigenvalue weighted by molar-refractivity contribution is -0.142. The van der Waals surface area contributed by atoms with Gasteiger partial charge in [0.15, 0.2) is 0 Å². The Kier molecular flexibility index (Phi) is 5.81. The Morgan fingerprint density at radius 2 is 1.83 bits per heavy atom. The number of carbonyl (C=O) groups is 2. The van der Waals surface area contributed by atoms with Gasteiger partial charge in [-0.2, -0.15) is 13.2 Å². The van der Waals surface area contributed by atoms with Crippen molar-refractivity contribution in [3.63, 3.8) is 0 Å². The number of halogens is 3. The molecule has 0 unspecified atom stereocenters. The van der Waals surface area contributed by atoms with Crippen molar-refractivity contribution in [2.24, 2.45) is 0 Å². The number of ether oxygens (including phenoxy) is 1. The fourth-order valence-corrected chi connectivity index (χ4v) is 2.87. The summed E-state index contributed by atoms with van der Waals surface area (Å²) in [5, 5.41) is 3.34. The number of esters is 1. The topological polar surface area (TPSA) is 68.3 Å². The van der Waals surface area contributed by atoms with Gasteiger partial charge in [-0.3, -0.25) is 4.79 Å². The van der Waals surface area contributed by atoms with Crippen LogP contribution in [0.4, 0.5) is 13.2 Å². The molecule has 0 fully saturated rings. The second kappa shape index (κ2) is 8.30. The molecule has 3 rings (SSSR count). The van der Waals surface area contributed by atoms with E-state index in [-0.39, 0.29) is 17.7 Å². The Hall–Kier alpha value is -3.42. The number of benzene rings is 2. The summed E-state index contributed by atoms with van der Waals surface area (Å²) >= 11 is 0. The molecule has 2 aromatic carbocycles. The lowest BCUT2D eigenvalue weighted by Crippen LogP contribution is -2.43. The molecular formula is C21H17F3N2O3. The average Bonchev–Trinajstić information content (AvgIpc) is 2.71. The van der Waals surface area contributed by atoms with Crippen molar-refractivity contribution in [3.05, 3.63) is 77.5 Å². The summed E-state index contributed by atoms with van der Waals surface area (Å²) in [6.45, 7) is 0. The Morgan fingerprint density at radius 3 is 2.55 bits per heavy atom. The van der Waals surface area contributed by atoms with Gasteiger partial charge in [0.2, 0.25) is 0 Å². The van der Waals surface area contributed by atoms with E-state index in [1.165, 1.54) is 18.2 Å². The van der Waals surface area contributed by atoms with Gasteiger partial charge in [-0.05, 0) is 23.8 Å². The van der Waals surface area contributed by atoms with E-state index in [0.29, 0.717) is 5.52 Å². The summed E-state index contributed by atoms with van der Waals surface area (Å²) in [7, 11) is 1.14. The van der Waals surface area contributed by atoms with E-state index in [4.69, 9.17) is 4.74 Å². The molecule has 0 aliphatic carbocycles. The van der Waals surface area contributed by atoms with Crippen LogP contribution >= 0.6 is 0 Å². The van der Waals surface area contributed by atoms with Gasteiger partial charge in [0, 0.05) is 11.8 Å². The predicted molar refractivity (Wildman–Crippen MR) is 100 cm³/mol. The van der Waals surface area contributed by atoms with Crippen molar-refractivity contribution < 1.29 is 27.5 Å². The maximum atomic E-state index is 12.9. The molecule has 5 nitrogen and oxygen atoms in total. The van der Waals surface area contributed by atoms with Gasteiger partial charge in [-0.15, -0.1) is 0 Å². The normalized spacial score (nSPS) is 12.4. The number of rotatable bonds is 5. The molecule has 3 aromatic rings. The molecule has 0 radical (unpaired) electrons. The highest BCUT2D eigenvalue weighted by Crippen LogP contribution is 2.29. The highest BCUT2D eigenvalue weighted by atomic mass is 19.4. The largest absolute Gasteiger partial charge is 0.467 e. The first-order valence-corrected chi connectivity index (χ1v) is 8.68. The van der Waals surface area contributed by atoms with E-state index in [2.05, 4.69) is 10.3 Å². The zero-order valence-electron chi connectivity index (χ0n) is 15.4. The Bertz CT molecular complexity index is 1050. The molecule has 1 amide bonds. The maximum absolute atomic E-state index is 12.9. The van der Waals surface area contributed by atoms with Gasteiger partial charge in [0.05, 0.1) is 18.2 Å². The number of alkyl halides is 3. The monoisotopic (exact) mass is 402 g/mol. The van der Waals surface area contributed by atoms with Gasteiger partial charge in [-0.1, -0.05) is 42.5 Å². The van der Waals surface area contributed by atoms with Crippen molar-refractivity contribution in [1.82, 2.24) is 10.3 Å². The van der Waals surface area contributed by atoms with Crippen molar-refractivity contribution in [1.29, 1.82) is 0 Å². The van der Waals surface area contributed by atoms with Crippen LogP contribution in [0.1, 0.15) is 21.6 Å². The number of aromatic nitrogens is 1. The number of methoxy groups -OCH3 is 1. The molecule has 1 aromatic heterocycles. The van der Waals surface area contributed by atoms with Crippen molar-refractivity contribution in [3.8, 4) is 0 Å². The maximum Gasteiger partial charge on any atom is 0.416 e. The number of nitrogens with zero attached hydrogens (tertiary/aromatic N) is 1. The molecular weight excluding hydrogens is 385 g/mol. The first-order valence-electron chi connectivity index (χ1n) is 8.68. The van der Waals surface area contributed by atoms with Crippen LogP contribution in [0.5, 0.6) is 0 Å². The zero-order chi connectivity index (χ0) is 21.0. The van der Waals surface area contributed by atoms with Crippen LogP contribution in [0.2, 0.25) is 0 Å². The third-order valence-electron chi connectivity index (χ3n) is 4.32. The van der Waals surface area contributed by atoms with Gasteiger partial charge in [0.1, 0.15) is 11.7 Å². The van der Waals surface area contributed by atoms with E-state index in [9.17, 15) is 22.8 Å². The highest BCUT2D eigenvalue weighted by molar-refractivity contribution is 5.97. The highest BCUT2D eigenvalue weighted by Gasteiger charge is 2.31. The Labute approximate surface area is 164 Å². The summed E-state index contributed by atoms with van der Waals surface area (Å²) in [6.07, 6.45) is -4.66. The van der Waals surface area contributed by atoms with Gasteiger partial charge >= 0.3 is 12.1 Å². The molecule has 8 heteroatoms. The number of para-hydroxylation sites is 1. The molecule has 150 valence electrons. The summed E-state index contributed by atoms with van der Waals surface area (Å²) in [4.78, 5) is 28.9. The molecule has 0 spiro atoms. The van der Waals surface area contributed by atoms with Crippen LogP contribution in [0.25, 0.3) is 10.9 Å². The van der Waals surface area contributed by atoms with Gasteiger partial charge in [0.25, 0.3) is 5.91 Å². The number of nitrogens with one attached hydrogen (secondary N) is 1.